The van der Waals surface area contributed by atoms with E-state index < -0.39 is 16.0 Å². The summed E-state index contributed by atoms with van der Waals surface area (Å²) in [7, 11) is -2.42. The highest BCUT2D eigenvalue weighted by atomic mass is 32.2. The van der Waals surface area contributed by atoms with Gasteiger partial charge in [-0.25, -0.2) is 13.2 Å². The molecule has 1 atom stereocenters. The van der Waals surface area contributed by atoms with E-state index in [1.54, 1.807) is 30.4 Å². The molecule has 0 spiro atoms. The highest BCUT2D eigenvalue weighted by Crippen LogP contribution is 2.37. The molecule has 0 N–H and O–H groups in total. The molecule has 128 valence electrons. The van der Waals surface area contributed by atoms with Gasteiger partial charge in [0.25, 0.3) is 0 Å². The number of hydrogen-bond acceptors (Lipinski definition) is 5. The minimum atomic E-state index is -3.70. The van der Waals surface area contributed by atoms with Gasteiger partial charge in [-0.15, -0.1) is 11.3 Å². The van der Waals surface area contributed by atoms with Crippen LogP contribution in [-0.2, 0) is 21.2 Å². The molecule has 0 amide bonds. The average Bonchev–Trinajstić information content (AvgIpc) is 3.04. The number of fused-ring (bicyclic) bond motifs is 1. The molecule has 1 aliphatic heterocycles. The van der Waals surface area contributed by atoms with Crippen LogP contribution in [-0.4, -0.2) is 32.3 Å². The fourth-order valence-electron chi connectivity index (χ4n) is 3.06. The van der Waals surface area contributed by atoms with Crippen LogP contribution in [0.25, 0.3) is 0 Å². The Morgan fingerprint density at radius 1 is 1.33 bits per heavy atom. The van der Waals surface area contributed by atoms with Crippen molar-refractivity contribution in [3.8, 4) is 0 Å². The number of ether oxygens (including phenoxy) is 1. The van der Waals surface area contributed by atoms with Gasteiger partial charge in [-0.1, -0.05) is 6.07 Å². The van der Waals surface area contributed by atoms with Crippen LogP contribution >= 0.6 is 11.3 Å². The molecule has 5 nitrogen and oxygen atoms in total. The minimum Gasteiger partial charge on any atom is -0.465 e. The van der Waals surface area contributed by atoms with Crippen LogP contribution in [0.1, 0.15) is 39.3 Å². The number of rotatable bonds is 3. The van der Waals surface area contributed by atoms with E-state index in [0.717, 1.165) is 5.56 Å². The summed E-state index contributed by atoms with van der Waals surface area (Å²) in [5.74, 6) is -0.543. The summed E-state index contributed by atoms with van der Waals surface area (Å²) in [6.07, 6.45) is 0.715. The molecule has 0 aliphatic carbocycles. The topological polar surface area (TPSA) is 63.7 Å². The van der Waals surface area contributed by atoms with Crippen LogP contribution in [0, 0.1) is 6.92 Å². The zero-order valence-electron chi connectivity index (χ0n) is 13.8. The number of thiophene rings is 1. The lowest BCUT2D eigenvalue weighted by Crippen LogP contribution is -2.38. The highest BCUT2D eigenvalue weighted by molar-refractivity contribution is 7.89. The van der Waals surface area contributed by atoms with Gasteiger partial charge in [0.1, 0.15) is 0 Å². The Bertz CT molecular complexity index is 886. The van der Waals surface area contributed by atoms with E-state index in [9.17, 15) is 13.2 Å². The molecule has 0 saturated carbocycles. The SMILES string of the molecule is COC(=O)c1ccc(C)c(S(=O)(=O)N2CCc3sccc3C2C)c1. The van der Waals surface area contributed by atoms with Crippen molar-refractivity contribution in [1.29, 1.82) is 0 Å². The Balaban J connectivity index is 2.04. The number of aryl methyl sites for hydroxylation is 1. The zero-order chi connectivity index (χ0) is 17.5. The number of carbonyl (C=O) groups excluding carboxylic acids is 1. The molecule has 2 heterocycles. The third kappa shape index (κ3) is 2.76. The second-order valence-corrected chi connectivity index (χ2v) is 8.67. The summed E-state index contributed by atoms with van der Waals surface area (Å²) in [5.41, 5.74) is 1.92. The van der Waals surface area contributed by atoms with E-state index in [1.165, 1.54) is 22.4 Å². The average molecular weight is 365 g/mol. The molecule has 24 heavy (non-hydrogen) atoms. The first kappa shape index (κ1) is 17.1. The number of benzene rings is 1. The summed E-state index contributed by atoms with van der Waals surface area (Å²) >= 11 is 1.67. The maximum absolute atomic E-state index is 13.2. The molecule has 0 fully saturated rings. The van der Waals surface area contributed by atoms with Gasteiger partial charge in [0.15, 0.2) is 0 Å². The third-order valence-electron chi connectivity index (χ3n) is 4.42. The molecular formula is C17H19NO4S2. The van der Waals surface area contributed by atoms with Crippen molar-refractivity contribution >= 4 is 27.3 Å². The van der Waals surface area contributed by atoms with E-state index >= 15 is 0 Å². The van der Waals surface area contributed by atoms with Gasteiger partial charge in [-0.3, -0.25) is 0 Å². The normalized spacial score (nSPS) is 18.2. The van der Waals surface area contributed by atoms with Crippen LogP contribution < -0.4 is 0 Å². The number of esters is 1. The van der Waals surface area contributed by atoms with Gasteiger partial charge in [-0.2, -0.15) is 4.31 Å². The molecule has 1 unspecified atom stereocenters. The molecule has 1 aromatic heterocycles. The van der Waals surface area contributed by atoms with Gasteiger partial charge < -0.3 is 4.74 Å². The first-order valence-electron chi connectivity index (χ1n) is 7.63. The second kappa shape index (κ2) is 6.31. The summed E-state index contributed by atoms with van der Waals surface area (Å²) < 4.78 is 32.6. The van der Waals surface area contributed by atoms with E-state index in [2.05, 4.69) is 0 Å². The van der Waals surface area contributed by atoms with Crippen LogP contribution in [0.4, 0.5) is 0 Å². The van der Waals surface area contributed by atoms with Crippen molar-refractivity contribution in [2.75, 3.05) is 13.7 Å². The first-order chi connectivity index (χ1) is 11.4. The largest absolute Gasteiger partial charge is 0.465 e. The lowest BCUT2D eigenvalue weighted by atomic mass is 10.0. The predicted octanol–water partition coefficient (Wildman–Crippen LogP) is 3.15. The fourth-order valence-corrected chi connectivity index (χ4v) is 5.89. The quantitative estimate of drug-likeness (QED) is 0.784. The molecule has 7 heteroatoms. The van der Waals surface area contributed by atoms with Crippen LogP contribution in [0.15, 0.2) is 34.5 Å². The number of hydrogen-bond donors (Lipinski definition) is 0. The molecule has 0 bridgehead atoms. The summed E-state index contributed by atoms with van der Waals surface area (Å²) in [6.45, 7) is 4.08. The summed E-state index contributed by atoms with van der Waals surface area (Å²) in [4.78, 5) is 13.2. The number of sulfonamides is 1. The van der Waals surface area contributed by atoms with Crippen LogP contribution in [0.3, 0.4) is 0 Å². The lowest BCUT2D eigenvalue weighted by molar-refractivity contribution is 0.0600. The van der Waals surface area contributed by atoms with Crippen molar-refractivity contribution in [2.24, 2.45) is 0 Å². The lowest BCUT2D eigenvalue weighted by Gasteiger charge is -2.33. The first-order valence-corrected chi connectivity index (χ1v) is 9.95. The Morgan fingerprint density at radius 2 is 2.08 bits per heavy atom. The van der Waals surface area contributed by atoms with Crippen molar-refractivity contribution in [3.05, 3.63) is 51.2 Å². The summed E-state index contributed by atoms with van der Waals surface area (Å²) in [5, 5.41) is 2.00. The van der Waals surface area contributed by atoms with Gasteiger partial charge in [0, 0.05) is 17.5 Å². The summed E-state index contributed by atoms with van der Waals surface area (Å²) in [6, 6.07) is 6.41. The molecule has 1 aliphatic rings. The van der Waals surface area contributed by atoms with Crippen LogP contribution in [0.5, 0.6) is 0 Å². The van der Waals surface area contributed by atoms with Gasteiger partial charge in [0.2, 0.25) is 10.0 Å². The van der Waals surface area contributed by atoms with Gasteiger partial charge in [0.05, 0.1) is 17.6 Å². The molecular weight excluding hydrogens is 346 g/mol. The van der Waals surface area contributed by atoms with Gasteiger partial charge in [-0.05, 0) is 55.0 Å². The minimum absolute atomic E-state index is 0.163. The van der Waals surface area contributed by atoms with E-state index in [0.29, 0.717) is 18.5 Å². The zero-order valence-corrected chi connectivity index (χ0v) is 15.4. The standard InChI is InChI=1S/C17H19NO4S2/c1-11-4-5-13(17(19)22-3)10-16(11)24(20,21)18-8-6-15-14(12(18)2)7-9-23-15/h4-5,7,9-10,12H,6,8H2,1-3H3. The van der Waals surface area contributed by atoms with Gasteiger partial charge >= 0.3 is 5.97 Å². The number of carbonyl (C=O) groups is 1. The van der Waals surface area contributed by atoms with E-state index in [1.807, 2.05) is 18.4 Å². The maximum atomic E-state index is 13.2. The van der Waals surface area contributed by atoms with Crippen molar-refractivity contribution in [3.63, 3.8) is 0 Å². The molecule has 2 aromatic rings. The van der Waals surface area contributed by atoms with Crippen molar-refractivity contribution < 1.29 is 17.9 Å². The fraction of sp³-hybridized carbons (Fsp3) is 0.353. The van der Waals surface area contributed by atoms with E-state index in [4.69, 9.17) is 4.74 Å². The number of methoxy groups -OCH3 is 1. The second-order valence-electron chi connectivity index (χ2n) is 5.81. The van der Waals surface area contributed by atoms with Crippen LogP contribution in [0.2, 0.25) is 0 Å². The third-order valence-corrected chi connectivity index (χ3v) is 7.53. The predicted molar refractivity (Wildman–Crippen MR) is 92.8 cm³/mol. The Morgan fingerprint density at radius 3 is 2.79 bits per heavy atom. The Kier molecular flexibility index (Phi) is 4.50. The molecule has 0 saturated heterocycles. The molecule has 3 rings (SSSR count). The molecule has 1 aromatic carbocycles. The maximum Gasteiger partial charge on any atom is 0.337 e. The monoisotopic (exact) mass is 365 g/mol. The van der Waals surface area contributed by atoms with Crippen molar-refractivity contribution in [1.82, 2.24) is 4.31 Å². The van der Waals surface area contributed by atoms with Crippen molar-refractivity contribution in [2.45, 2.75) is 31.2 Å². The smallest absolute Gasteiger partial charge is 0.337 e. The number of nitrogens with zero attached hydrogens (tertiary/aromatic N) is 1. The Labute approximate surface area is 145 Å². The Hall–Kier alpha value is -1.70. The molecule has 0 radical (unpaired) electrons. The van der Waals surface area contributed by atoms with E-state index in [-0.39, 0.29) is 16.5 Å². The highest BCUT2D eigenvalue weighted by Gasteiger charge is 2.35.